The van der Waals surface area contributed by atoms with Gasteiger partial charge in [-0.2, -0.15) is 0 Å². The molecule has 0 bridgehead atoms. The third kappa shape index (κ3) is 3.95. The predicted octanol–water partition coefficient (Wildman–Crippen LogP) is 4.40. The van der Waals surface area contributed by atoms with E-state index < -0.39 is 11.2 Å². The van der Waals surface area contributed by atoms with E-state index in [1.54, 1.807) is 0 Å². The number of rotatable bonds is 6. The van der Waals surface area contributed by atoms with Crippen LogP contribution in [0.2, 0.25) is 0 Å². The van der Waals surface area contributed by atoms with Crippen LogP contribution in [0.25, 0.3) is 0 Å². The summed E-state index contributed by atoms with van der Waals surface area (Å²) in [4.78, 5) is 12.6. The van der Waals surface area contributed by atoms with Crippen LogP contribution in [-0.4, -0.2) is 24.3 Å². The van der Waals surface area contributed by atoms with Crippen LogP contribution in [0.3, 0.4) is 0 Å². The molecule has 0 aromatic rings. The summed E-state index contributed by atoms with van der Waals surface area (Å²) in [7, 11) is 0. The second-order valence-electron chi connectivity index (χ2n) is 7.04. The van der Waals surface area contributed by atoms with Gasteiger partial charge in [-0.3, -0.25) is 4.79 Å². The normalized spacial score (nSPS) is 25.7. The van der Waals surface area contributed by atoms with Gasteiger partial charge in [0, 0.05) is 24.7 Å². The van der Waals surface area contributed by atoms with Gasteiger partial charge in [-0.15, -0.1) is 6.58 Å². The maximum absolute atomic E-state index is 12.6. The van der Waals surface area contributed by atoms with E-state index in [-0.39, 0.29) is 6.10 Å². The number of allylic oxidation sites excluding steroid dienone is 1. The molecule has 1 aliphatic carbocycles. The summed E-state index contributed by atoms with van der Waals surface area (Å²) >= 11 is 0. The lowest BCUT2D eigenvalue weighted by Gasteiger charge is -2.47. The monoisotopic (exact) mass is 294 g/mol. The van der Waals surface area contributed by atoms with E-state index in [2.05, 4.69) is 6.58 Å². The Hall–Kier alpha value is -0.670. The number of ketones is 1. The van der Waals surface area contributed by atoms with Gasteiger partial charge >= 0.3 is 0 Å². The van der Waals surface area contributed by atoms with Crippen LogP contribution in [0, 0.1) is 5.41 Å². The molecule has 0 amide bonds. The molecule has 2 rings (SSSR count). The molecule has 0 aromatic heterocycles. The quantitative estimate of drug-likeness (QED) is 0.538. The number of unbranched alkanes of at least 4 members (excludes halogenated alkanes) is 1. The molecule has 1 saturated heterocycles. The van der Waals surface area contributed by atoms with Gasteiger partial charge in [-0.1, -0.05) is 26.3 Å². The Kier molecular flexibility index (Phi) is 5.61. The molecule has 2 aliphatic rings. The Morgan fingerprint density at radius 3 is 2.71 bits per heavy atom. The van der Waals surface area contributed by atoms with Gasteiger partial charge in [-0.05, 0) is 32.1 Å². The van der Waals surface area contributed by atoms with Gasteiger partial charge in [0.05, 0.1) is 12.7 Å². The summed E-state index contributed by atoms with van der Waals surface area (Å²) in [6.07, 6.45) is 10.6. The van der Waals surface area contributed by atoms with E-state index in [4.69, 9.17) is 9.47 Å². The Balaban J connectivity index is 1.98. The highest BCUT2D eigenvalue weighted by Crippen LogP contribution is 2.42. The molecule has 1 saturated carbocycles. The minimum Gasteiger partial charge on any atom is -0.350 e. The van der Waals surface area contributed by atoms with Gasteiger partial charge < -0.3 is 9.47 Å². The third-order valence-corrected chi connectivity index (χ3v) is 5.05. The second-order valence-corrected chi connectivity index (χ2v) is 7.04. The Labute approximate surface area is 129 Å². The zero-order chi connectivity index (χ0) is 15.3. The van der Waals surface area contributed by atoms with Crippen LogP contribution in [0.1, 0.15) is 71.6 Å². The molecule has 120 valence electrons. The zero-order valence-electron chi connectivity index (χ0n) is 13.7. The number of ether oxygens (including phenoxy) is 2. The molecule has 0 radical (unpaired) electrons. The van der Waals surface area contributed by atoms with E-state index in [0.29, 0.717) is 18.8 Å². The number of carbonyl (C=O) groups excluding carboxylic acids is 1. The van der Waals surface area contributed by atoms with Gasteiger partial charge in [0.15, 0.2) is 5.79 Å². The summed E-state index contributed by atoms with van der Waals surface area (Å²) in [5.74, 6) is -0.0953. The lowest BCUT2D eigenvalue weighted by atomic mass is 9.77. The van der Waals surface area contributed by atoms with Crippen molar-refractivity contribution in [3.8, 4) is 0 Å². The van der Waals surface area contributed by atoms with Crippen molar-refractivity contribution in [1.29, 1.82) is 0 Å². The highest BCUT2D eigenvalue weighted by atomic mass is 16.7. The molecular weight excluding hydrogens is 264 g/mol. The molecule has 0 N–H and O–H groups in total. The van der Waals surface area contributed by atoms with Crippen LogP contribution in [0.4, 0.5) is 0 Å². The SMILES string of the molecule is C=CCCCC(=O)C(C)(C)C1CCOC2(CCCCC2)O1. The van der Waals surface area contributed by atoms with Crippen molar-refractivity contribution in [1.82, 2.24) is 0 Å². The number of hydrogen-bond acceptors (Lipinski definition) is 3. The van der Waals surface area contributed by atoms with Crippen LogP contribution in [-0.2, 0) is 14.3 Å². The van der Waals surface area contributed by atoms with Crippen molar-refractivity contribution in [2.75, 3.05) is 6.61 Å². The van der Waals surface area contributed by atoms with Crippen molar-refractivity contribution >= 4 is 5.78 Å². The fourth-order valence-corrected chi connectivity index (χ4v) is 3.47. The molecule has 1 spiro atoms. The van der Waals surface area contributed by atoms with Gasteiger partial charge in [0.1, 0.15) is 5.78 Å². The molecule has 1 unspecified atom stereocenters. The number of Topliss-reactive ketones (excluding diaryl/α,β-unsaturated/α-hetero) is 1. The van der Waals surface area contributed by atoms with Crippen molar-refractivity contribution < 1.29 is 14.3 Å². The first-order chi connectivity index (χ1) is 10.0. The molecule has 21 heavy (non-hydrogen) atoms. The summed E-state index contributed by atoms with van der Waals surface area (Å²) in [6, 6.07) is 0. The summed E-state index contributed by atoms with van der Waals surface area (Å²) in [5, 5.41) is 0. The lowest BCUT2D eigenvalue weighted by Crippen LogP contribution is -2.52. The minimum atomic E-state index is -0.421. The molecule has 3 heteroatoms. The first-order valence-electron chi connectivity index (χ1n) is 8.46. The largest absolute Gasteiger partial charge is 0.350 e. The van der Waals surface area contributed by atoms with E-state index in [1.165, 1.54) is 19.3 Å². The average Bonchev–Trinajstić information content (AvgIpc) is 2.48. The van der Waals surface area contributed by atoms with Crippen molar-refractivity contribution in [3.63, 3.8) is 0 Å². The van der Waals surface area contributed by atoms with Gasteiger partial charge in [-0.25, -0.2) is 0 Å². The third-order valence-electron chi connectivity index (χ3n) is 5.05. The predicted molar refractivity (Wildman–Crippen MR) is 84.1 cm³/mol. The minimum absolute atomic E-state index is 0.0134. The second kappa shape index (κ2) is 7.06. The molecular formula is C18H30O3. The molecule has 0 aromatic carbocycles. The Morgan fingerprint density at radius 1 is 1.33 bits per heavy atom. The summed E-state index contributed by atoms with van der Waals surface area (Å²) in [5.41, 5.74) is -0.421. The van der Waals surface area contributed by atoms with Crippen LogP contribution in [0.5, 0.6) is 0 Å². The highest BCUT2D eigenvalue weighted by Gasteiger charge is 2.46. The van der Waals surface area contributed by atoms with E-state index in [1.807, 2.05) is 19.9 Å². The standard InChI is InChI=1S/C18H30O3/c1-4-5-7-10-15(19)17(2,3)16-11-14-20-18(21-16)12-8-6-9-13-18/h4,16H,1,5-14H2,2-3H3. The topological polar surface area (TPSA) is 35.5 Å². The van der Waals surface area contributed by atoms with Crippen LogP contribution in [0.15, 0.2) is 12.7 Å². The fraction of sp³-hybridized carbons (Fsp3) is 0.833. The van der Waals surface area contributed by atoms with Crippen molar-refractivity contribution in [2.24, 2.45) is 5.41 Å². The van der Waals surface area contributed by atoms with Crippen molar-refractivity contribution in [2.45, 2.75) is 83.5 Å². The van der Waals surface area contributed by atoms with Crippen LogP contribution >= 0.6 is 0 Å². The zero-order valence-corrected chi connectivity index (χ0v) is 13.7. The average molecular weight is 294 g/mol. The number of hydrogen-bond donors (Lipinski definition) is 0. The van der Waals surface area contributed by atoms with Gasteiger partial charge in [0.2, 0.25) is 0 Å². The molecule has 2 fully saturated rings. The first-order valence-corrected chi connectivity index (χ1v) is 8.46. The Morgan fingerprint density at radius 2 is 2.05 bits per heavy atom. The molecule has 1 heterocycles. The summed E-state index contributed by atoms with van der Waals surface area (Å²) < 4.78 is 12.3. The number of carbonyl (C=O) groups is 1. The molecule has 3 nitrogen and oxygen atoms in total. The lowest BCUT2D eigenvalue weighted by molar-refractivity contribution is -0.318. The Bertz CT molecular complexity index is 361. The fourth-order valence-electron chi connectivity index (χ4n) is 3.47. The maximum Gasteiger partial charge on any atom is 0.168 e. The maximum atomic E-state index is 12.6. The summed E-state index contributed by atoms with van der Waals surface area (Å²) in [6.45, 7) is 8.51. The van der Waals surface area contributed by atoms with Crippen molar-refractivity contribution in [3.05, 3.63) is 12.7 Å². The van der Waals surface area contributed by atoms with Gasteiger partial charge in [0.25, 0.3) is 0 Å². The van der Waals surface area contributed by atoms with E-state index >= 15 is 0 Å². The van der Waals surface area contributed by atoms with E-state index in [9.17, 15) is 4.79 Å². The first kappa shape index (κ1) is 16.7. The molecule has 1 atom stereocenters. The van der Waals surface area contributed by atoms with E-state index in [0.717, 1.165) is 32.1 Å². The smallest absolute Gasteiger partial charge is 0.168 e. The van der Waals surface area contributed by atoms with Crippen LogP contribution < -0.4 is 0 Å². The highest BCUT2D eigenvalue weighted by molar-refractivity contribution is 5.84. The molecule has 1 aliphatic heterocycles.